The fourth-order valence-electron chi connectivity index (χ4n) is 0.689. The summed E-state index contributed by atoms with van der Waals surface area (Å²) < 4.78 is 0. The second kappa shape index (κ2) is 2.43. The third kappa shape index (κ3) is 1.10. The minimum Gasteiger partial charge on any atom is -0.299 e. The van der Waals surface area contributed by atoms with Crippen LogP contribution in [0.4, 0.5) is 0 Å². The van der Waals surface area contributed by atoms with Crippen molar-refractivity contribution in [3.05, 3.63) is 36.5 Å². The van der Waals surface area contributed by atoms with Crippen LogP contribution in [-0.4, -0.2) is 11.4 Å². The highest BCUT2D eigenvalue weighted by Gasteiger charge is 2.02. The summed E-state index contributed by atoms with van der Waals surface area (Å²) in [5, 5.41) is 14.4. The van der Waals surface area contributed by atoms with Gasteiger partial charge in [-0.15, -0.1) is 0 Å². The first-order valence-corrected chi connectivity index (χ1v) is 2.93. The van der Waals surface area contributed by atoms with Crippen LogP contribution in [0.15, 0.2) is 36.5 Å². The molecule has 0 amide bonds. The van der Waals surface area contributed by atoms with Gasteiger partial charge in [-0.05, 0) is 17.7 Å². The molecule has 50 valence electrons. The molecule has 0 aromatic carbocycles. The zero-order chi connectivity index (χ0) is 7.56. The second-order valence-electron chi connectivity index (χ2n) is 2.01. The highest BCUT2D eigenvalue weighted by Crippen LogP contribution is 2.04. The maximum atomic E-state index is 7.23. The Kier molecular flexibility index (Phi) is 1.63. The largest absolute Gasteiger partial charge is 0.299 e. The van der Waals surface area contributed by atoms with Crippen LogP contribution < -0.4 is 0 Å². The Morgan fingerprint density at radius 2 is 1.90 bits per heavy atom. The van der Waals surface area contributed by atoms with Crippen molar-refractivity contribution in [2.24, 2.45) is 0 Å². The maximum Gasteiger partial charge on any atom is 0.0795 e. The SMILES string of the molecule is C=CC1=CC(=N)C(=N)C=C1. The van der Waals surface area contributed by atoms with Gasteiger partial charge < -0.3 is 0 Å². The Labute approximate surface area is 59.6 Å². The van der Waals surface area contributed by atoms with E-state index in [0.29, 0.717) is 0 Å². The van der Waals surface area contributed by atoms with Crippen LogP contribution >= 0.6 is 0 Å². The van der Waals surface area contributed by atoms with E-state index < -0.39 is 0 Å². The van der Waals surface area contributed by atoms with Crippen LogP contribution in [0.1, 0.15) is 0 Å². The zero-order valence-electron chi connectivity index (χ0n) is 5.52. The summed E-state index contributed by atoms with van der Waals surface area (Å²) in [6, 6.07) is 0. The van der Waals surface area contributed by atoms with E-state index in [1.54, 1.807) is 24.3 Å². The standard InChI is InChI=1S/C8H8N2/c1-2-6-3-4-7(9)8(10)5-6/h2-5,9-10H,1H2. The fourth-order valence-corrected chi connectivity index (χ4v) is 0.689. The zero-order valence-corrected chi connectivity index (χ0v) is 5.52. The Morgan fingerprint density at radius 3 is 2.40 bits per heavy atom. The van der Waals surface area contributed by atoms with Crippen LogP contribution in [0.3, 0.4) is 0 Å². The lowest BCUT2D eigenvalue weighted by Gasteiger charge is -2.02. The van der Waals surface area contributed by atoms with E-state index in [0.717, 1.165) is 5.57 Å². The van der Waals surface area contributed by atoms with Gasteiger partial charge in [0.2, 0.25) is 0 Å². The third-order valence-corrected chi connectivity index (χ3v) is 1.28. The van der Waals surface area contributed by atoms with Crippen molar-refractivity contribution < 1.29 is 0 Å². The van der Waals surface area contributed by atoms with Gasteiger partial charge in [0, 0.05) is 0 Å². The van der Waals surface area contributed by atoms with E-state index >= 15 is 0 Å². The van der Waals surface area contributed by atoms with Crippen LogP contribution in [0.25, 0.3) is 0 Å². The Hall–Kier alpha value is -1.44. The summed E-state index contributed by atoms with van der Waals surface area (Å²) in [6.45, 7) is 3.56. The molecule has 1 aliphatic rings. The lowest BCUT2D eigenvalue weighted by atomic mass is 10.0. The van der Waals surface area contributed by atoms with Crippen molar-refractivity contribution in [3.63, 3.8) is 0 Å². The molecule has 0 spiro atoms. The predicted octanol–water partition coefficient (Wildman–Crippen LogP) is 1.71. The van der Waals surface area contributed by atoms with Gasteiger partial charge >= 0.3 is 0 Å². The van der Waals surface area contributed by atoms with E-state index in [2.05, 4.69) is 6.58 Å². The van der Waals surface area contributed by atoms with Gasteiger partial charge in [-0.25, -0.2) is 0 Å². The van der Waals surface area contributed by atoms with Crippen molar-refractivity contribution in [1.29, 1.82) is 10.8 Å². The van der Waals surface area contributed by atoms with Crippen LogP contribution in [-0.2, 0) is 0 Å². The number of allylic oxidation sites excluding steroid dienone is 5. The summed E-state index contributed by atoms with van der Waals surface area (Å²) in [5.74, 6) is 0. The van der Waals surface area contributed by atoms with Crippen molar-refractivity contribution in [1.82, 2.24) is 0 Å². The molecule has 2 heteroatoms. The molecule has 0 saturated heterocycles. The quantitative estimate of drug-likeness (QED) is 0.510. The Bertz CT molecular complexity index is 256. The molecule has 0 fully saturated rings. The molecule has 1 aliphatic carbocycles. The minimum absolute atomic E-state index is 0.248. The molecule has 0 atom stereocenters. The normalized spacial score (nSPS) is 17.0. The van der Waals surface area contributed by atoms with Gasteiger partial charge in [-0.3, -0.25) is 10.8 Å². The van der Waals surface area contributed by atoms with E-state index in [1.165, 1.54) is 0 Å². The molecule has 0 heterocycles. The number of nitrogens with one attached hydrogen (secondary N) is 2. The topological polar surface area (TPSA) is 47.7 Å². The van der Waals surface area contributed by atoms with Gasteiger partial charge in [0.05, 0.1) is 11.4 Å². The summed E-state index contributed by atoms with van der Waals surface area (Å²) in [7, 11) is 0. The first-order valence-electron chi connectivity index (χ1n) is 2.93. The molecule has 0 bridgehead atoms. The fraction of sp³-hybridized carbons (Fsp3) is 0. The van der Waals surface area contributed by atoms with Gasteiger partial charge in [0.1, 0.15) is 0 Å². The molecule has 0 unspecified atom stereocenters. The van der Waals surface area contributed by atoms with Gasteiger partial charge in [-0.2, -0.15) is 0 Å². The number of hydrogen-bond acceptors (Lipinski definition) is 2. The van der Waals surface area contributed by atoms with Crippen LogP contribution in [0, 0.1) is 10.8 Å². The monoisotopic (exact) mass is 132 g/mol. The van der Waals surface area contributed by atoms with Crippen LogP contribution in [0.5, 0.6) is 0 Å². The lowest BCUT2D eigenvalue weighted by molar-refractivity contribution is 1.48. The molecule has 1 rings (SSSR count). The van der Waals surface area contributed by atoms with Crippen molar-refractivity contribution >= 4 is 11.4 Å². The summed E-state index contributed by atoms with van der Waals surface area (Å²) in [5.41, 5.74) is 1.39. The molecule has 0 aromatic rings. The first-order chi connectivity index (χ1) is 4.74. The molecular weight excluding hydrogens is 124 g/mol. The Balaban J connectivity index is 2.96. The second-order valence-corrected chi connectivity index (χ2v) is 2.01. The number of hydrogen-bond donors (Lipinski definition) is 2. The minimum atomic E-state index is 0.248. The first kappa shape index (κ1) is 6.68. The van der Waals surface area contributed by atoms with E-state index in [9.17, 15) is 0 Å². The summed E-state index contributed by atoms with van der Waals surface area (Å²) in [4.78, 5) is 0. The molecule has 0 aliphatic heterocycles. The van der Waals surface area contributed by atoms with E-state index in [-0.39, 0.29) is 11.4 Å². The smallest absolute Gasteiger partial charge is 0.0795 e. The van der Waals surface area contributed by atoms with E-state index in [4.69, 9.17) is 10.8 Å². The number of rotatable bonds is 1. The third-order valence-electron chi connectivity index (χ3n) is 1.28. The lowest BCUT2D eigenvalue weighted by Crippen LogP contribution is -2.09. The molecular formula is C8H8N2. The molecule has 2 nitrogen and oxygen atoms in total. The molecule has 2 N–H and O–H groups in total. The molecule has 10 heavy (non-hydrogen) atoms. The average molecular weight is 132 g/mol. The van der Waals surface area contributed by atoms with E-state index in [1.807, 2.05) is 0 Å². The summed E-state index contributed by atoms with van der Waals surface area (Å²) >= 11 is 0. The van der Waals surface area contributed by atoms with Crippen molar-refractivity contribution in [2.75, 3.05) is 0 Å². The van der Waals surface area contributed by atoms with Gasteiger partial charge in [-0.1, -0.05) is 18.7 Å². The highest BCUT2D eigenvalue weighted by atomic mass is 14.5. The molecule has 0 saturated carbocycles. The molecule has 0 aromatic heterocycles. The Morgan fingerprint density at radius 1 is 1.20 bits per heavy atom. The predicted molar refractivity (Wildman–Crippen MR) is 42.9 cm³/mol. The van der Waals surface area contributed by atoms with Crippen molar-refractivity contribution in [2.45, 2.75) is 0 Å². The highest BCUT2D eigenvalue weighted by molar-refractivity contribution is 6.49. The van der Waals surface area contributed by atoms with Crippen LogP contribution in [0.2, 0.25) is 0 Å². The maximum absolute atomic E-state index is 7.23. The van der Waals surface area contributed by atoms with Gasteiger partial charge in [0.25, 0.3) is 0 Å². The molecule has 0 radical (unpaired) electrons. The average Bonchev–Trinajstić information content (AvgIpc) is 1.95. The van der Waals surface area contributed by atoms with Crippen molar-refractivity contribution in [3.8, 4) is 0 Å². The van der Waals surface area contributed by atoms with Gasteiger partial charge in [0.15, 0.2) is 0 Å². The summed E-state index contributed by atoms with van der Waals surface area (Å²) in [6.07, 6.45) is 6.65.